The molecule has 2 N–H and O–H groups in total. The van der Waals surface area contributed by atoms with Gasteiger partial charge in [0.25, 0.3) is 0 Å². The van der Waals surface area contributed by atoms with Gasteiger partial charge in [0.05, 0.1) is 0 Å². The molecule has 94 valence electrons. The highest BCUT2D eigenvalue weighted by molar-refractivity contribution is 5.66. The van der Waals surface area contributed by atoms with Crippen molar-refractivity contribution in [2.45, 2.75) is 19.4 Å². The summed E-state index contributed by atoms with van der Waals surface area (Å²) in [7, 11) is 2.08. The molecule has 0 aliphatic rings. The Kier molecular flexibility index (Phi) is 4.00. The van der Waals surface area contributed by atoms with Gasteiger partial charge in [0.2, 0.25) is 0 Å². The van der Waals surface area contributed by atoms with Gasteiger partial charge in [-0.05, 0) is 30.2 Å². The fraction of sp³-hybridized carbons (Fsp3) is 0.250. The van der Waals surface area contributed by atoms with Crippen LogP contribution in [-0.2, 0) is 0 Å². The van der Waals surface area contributed by atoms with E-state index in [1.165, 1.54) is 16.9 Å². The molecule has 1 unspecified atom stereocenters. The summed E-state index contributed by atoms with van der Waals surface area (Å²) in [5.41, 5.74) is 9.74. The zero-order valence-electron chi connectivity index (χ0n) is 11.0. The van der Waals surface area contributed by atoms with Crippen LogP contribution < -0.4 is 10.6 Å². The number of rotatable bonds is 4. The van der Waals surface area contributed by atoms with E-state index >= 15 is 0 Å². The fourth-order valence-corrected chi connectivity index (χ4v) is 2.12. The lowest BCUT2D eigenvalue weighted by atomic mass is 10.0. The molecule has 0 amide bonds. The van der Waals surface area contributed by atoms with E-state index in [1.54, 1.807) is 0 Å². The molecule has 2 heteroatoms. The van der Waals surface area contributed by atoms with E-state index in [2.05, 4.69) is 49.2 Å². The zero-order chi connectivity index (χ0) is 13.0. The Bertz CT molecular complexity index is 493. The molecule has 0 radical (unpaired) electrons. The minimum absolute atomic E-state index is 0.0902. The molecule has 2 aromatic carbocycles. The minimum atomic E-state index is 0.0902. The maximum atomic E-state index is 6.18. The highest BCUT2D eigenvalue weighted by atomic mass is 15.1. The van der Waals surface area contributed by atoms with Gasteiger partial charge in [0.1, 0.15) is 0 Å². The Balaban J connectivity index is 2.39. The maximum absolute atomic E-state index is 6.18. The highest BCUT2D eigenvalue weighted by Crippen LogP contribution is 2.30. The van der Waals surface area contributed by atoms with Gasteiger partial charge in [-0.25, -0.2) is 0 Å². The van der Waals surface area contributed by atoms with Crippen LogP contribution >= 0.6 is 0 Å². The van der Waals surface area contributed by atoms with E-state index in [1.807, 2.05) is 24.3 Å². The largest absolute Gasteiger partial charge is 0.344 e. The van der Waals surface area contributed by atoms with Gasteiger partial charge in [-0.2, -0.15) is 0 Å². The molecule has 0 spiro atoms. The first-order valence-corrected chi connectivity index (χ1v) is 6.37. The molecule has 0 aliphatic heterocycles. The average molecular weight is 240 g/mol. The SMILES string of the molecule is CCC(N)c1ccccc1N(C)c1ccccc1. The summed E-state index contributed by atoms with van der Waals surface area (Å²) in [6.45, 7) is 2.12. The topological polar surface area (TPSA) is 29.3 Å². The Morgan fingerprint density at radius 2 is 1.61 bits per heavy atom. The lowest BCUT2D eigenvalue weighted by Crippen LogP contribution is -2.16. The van der Waals surface area contributed by atoms with Crippen molar-refractivity contribution in [2.24, 2.45) is 5.73 Å². The molecule has 1 atom stereocenters. The Hall–Kier alpha value is -1.80. The second kappa shape index (κ2) is 5.69. The normalized spacial score (nSPS) is 12.2. The van der Waals surface area contributed by atoms with Crippen LogP contribution in [0.5, 0.6) is 0 Å². The summed E-state index contributed by atoms with van der Waals surface area (Å²) >= 11 is 0. The van der Waals surface area contributed by atoms with Gasteiger partial charge in [-0.15, -0.1) is 0 Å². The third kappa shape index (κ3) is 2.54. The van der Waals surface area contributed by atoms with E-state index < -0.39 is 0 Å². The van der Waals surface area contributed by atoms with Crippen molar-refractivity contribution in [3.05, 3.63) is 60.2 Å². The second-order valence-electron chi connectivity index (χ2n) is 4.47. The monoisotopic (exact) mass is 240 g/mol. The lowest BCUT2D eigenvalue weighted by Gasteiger charge is -2.24. The lowest BCUT2D eigenvalue weighted by molar-refractivity contribution is 0.698. The maximum Gasteiger partial charge on any atom is 0.0456 e. The molecule has 0 saturated carbocycles. The van der Waals surface area contributed by atoms with Crippen LogP contribution in [0.25, 0.3) is 0 Å². The molecule has 0 fully saturated rings. The molecular formula is C16H20N2. The number of nitrogens with zero attached hydrogens (tertiary/aromatic N) is 1. The number of hydrogen-bond donors (Lipinski definition) is 1. The van der Waals surface area contributed by atoms with Gasteiger partial charge >= 0.3 is 0 Å². The molecule has 0 aliphatic carbocycles. The zero-order valence-corrected chi connectivity index (χ0v) is 11.0. The number of anilines is 2. The fourth-order valence-electron chi connectivity index (χ4n) is 2.12. The van der Waals surface area contributed by atoms with Gasteiger partial charge < -0.3 is 10.6 Å². The molecule has 2 aromatic rings. The van der Waals surface area contributed by atoms with Gasteiger partial charge in [-0.3, -0.25) is 0 Å². The van der Waals surface area contributed by atoms with Crippen molar-refractivity contribution in [2.75, 3.05) is 11.9 Å². The molecule has 2 nitrogen and oxygen atoms in total. The van der Waals surface area contributed by atoms with E-state index in [-0.39, 0.29) is 6.04 Å². The van der Waals surface area contributed by atoms with Crippen LogP contribution in [0.3, 0.4) is 0 Å². The number of hydrogen-bond acceptors (Lipinski definition) is 2. The number of para-hydroxylation sites is 2. The third-order valence-electron chi connectivity index (χ3n) is 3.28. The molecule has 2 rings (SSSR count). The van der Waals surface area contributed by atoms with Crippen molar-refractivity contribution in [3.63, 3.8) is 0 Å². The van der Waals surface area contributed by atoms with Crippen molar-refractivity contribution in [3.8, 4) is 0 Å². The summed E-state index contributed by atoms with van der Waals surface area (Å²) in [5, 5.41) is 0. The predicted molar refractivity (Wildman–Crippen MR) is 78.2 cm³/mol. The van der Waals surface area contributed by atoms with E-state index in [4.69, 9.17) is 5.73 Å². The average Bonchev–Trinajstić information content (AvgIpc) is 2.46. The molecular weight excluding hydrogens is 220 g/mol. The minimum Gasteiger partial charge on any atom is -0.344 e. The Morgan fingerprint density at radius 1 is 1.00 bits per heavy atom. The Labute approximate surface area is 109 Å². The van der Waals surface area contributed by atoms with Crippen LogP contribution in [0.2, 0.25) is 0 Å². The molecule has 0 bridgehead atoms. The van der Waals surface area contributed by atoms with Crippen molar-refractivity contribution in [1.29, 1.82) is 0 Å². The standard InChI is InChI=1S/C16H20N2/c1-3-15(17)14-11-7-8-12-16(14)18(2)13-9-5-4-6-10-13/h4-12,15H,3,17H2,1-2H3. The van der Waals surface area contributed by atoms with E-state index in [0.29, 0.717) is 0 Å². The second-order valence-corrected chi connectivity index (χ2v) is 4.47. The van der Waals surface area contributed by atoms with Crippen LogP contribution in [-0.4, -0.2) is 7.05 Å². The van der Waals surface area contributed by atoms with Crippen LogP contribution in [0.4, 0.5) is 11.4 Å². The van der Waals surface area contributed by atoms with Crippen LogP contribution in [0.1, 0.15) is 24.9 Å². The highest BCUT2D eigenvalue weighted by Gasteiger charge is 2.12. The predicted octanol–water partition coefficient (Wildman–Crippen LogP) is 3.86. The third-order valence-corrected chi connectivity index (χ3v) is 3.28. The number of nitrogens with two attached hydrogens (primary N) is 1. The van der Waals surface area contributed by atoms with Crippen LogP contribution in [0, 0.1) is 0 Å². The quantitative estimate of drug-likeness (QED) is 0.879. The van der Waals surface area contributed by atoms with Gasteiger partial charge in [0, 0.05) is 24.5 Å². The summed E-state index contributed by atoms with van der Waals surface area (Å²) < 4.78 is 0. The van der Waals surface area contributed by atoms with Crippen molar-refractivity contribution >= 4 is 11.4 Å². The molecule has 0 aromatic heterocycles. The summed E-state index contributed by atoms with van der Waals surface area (Å²) in [6.07, 6.45) is 0.944. The summed E-state index contributed by atoms with van der Waals surface area (Å²) in [4.78, 5) is 2.19. The Morgan fingerprint density at radius 3 is 2.28 bits per heavy atom. The molecule has 18 heavy (non-hydrogen) atoms. The first-order chi connectivity index (χ1) is 8.74. The van der Waals surface area contributed by atoms with E-state index in [0.717, 1.165) is 6.42 Å². The smallest absolute Gasteiger partial charge is 0.0456 e. The summed E-state index contributed by atoms with van der Waals surface area (Å²) in [6, 6.07) is 18.8. The molecule has 0 heterocycles. The molecule has 0 saturated heterocycles. The summed E-state index contributed by atoms with van der Waals surface area (Å²) in [5.74, 6) is 0. The first-order valence-electron chi connectivity index (χ1n) is 6.37. The van der Waals surface area contributed by atoms with Crippen molar-refractivity contribution < 1.29 is 0 Å². The van der Waals surface area contributed by atoms with E-state index in [9.17, 15) is 0 Å². The number of benzene rings is 2. The van der Waals surface area contributed by atoms with Crippen LogP contribution in [0.15, 0.2) is 54.6 Å². The van der Waals surface area contributed by atoms with Crippen molar-refractivity contribution in [1.82, 2.24) is 0 Å². The van der Waals surface area contributed by atoms with Gasteiger partial charge in [-0.1, -0.05) is 43.3 Å². The first kappa shape index (κ1) is 12.7. The van der Waals surface area contributed by atoms with Gasteiger partial charge in [0.15, 0.2) is 0 Å².